The number of hydrogen-bond donors (Lipinski definition) is 0. The predicted molar refractivity (Wildman–Crippen MR) is 92.7 cm³/mol. The minimum atomic E-state index is 0.0490. The highest BCUT2D eigenvalue weighted by Crippen LogP contribution is 2.33. The summed E-state index contributed by atoms with van der Waals surface area (Å²) in [6.07, 6.45) is 0.886. The van der Waals surface area contributed by atoms with Crippen molar-refractivity contribution in [1.82, 2.24) is 4.90 Å². The first-order valence-corrected chi connectivity index (χ1v) is 8.44. The molecule has 0 N–H and O–H groups in total. The number of benzene rings is 2. The van der Waals surface area contributed by atoms with Gasteiger partial charge >= 0.3 is 0 Å². The maximum Gasteiger partial charge on any atom is 0.168 e. The summed E-state index contributed by atoms with van der Waals surface area (Å²) in [4.78, 5) is 13.3. The van der Waals surface area contributed by atoms with Gasteiger partial charge in [-0.15, -0.1) is 0 Å². The van der Waals surface area contributed by atoms with E-state index in [4.69, 9.17) is 21.4 Å². The first-order valence-electron chi connectivity index (χ1n) is 8.06. The van der Waals surface area contributed by atoms with E-state index in [2.05, 4.69) is 30.9 Å². The van der Waals surface area contributed by atoms with E-state index in [0.717, 1.165) is 48.5 Å². The Hall–Kier alpha value is -1.55. The van der Waals surface area contributed by atoms with E-state index in [-0.39, 0.29) is 6.10 Å². The van der Waals surface area contributed by atoms with Crippen LogP contribution < -0.4 is 4.89 Å². The van der Waals surface area contributed by atoms with E-state index < -0.39 is 0 Å². The standard InChI is InChI=1S/C19H21ClNO2/c1-3-21(4-2)13-16-12-15-11-14(9-10-19(15)23-22-16)17-7-5-6-8-18(17)20/h5-6,8-11,16H,3-4,12-13H2,1-2H3. The molecule has 0 saturated heterocycles. The summed E-state index contributed by atoms with van der Waals surface area (Å²) in [5.41, 5.74) is 3.13. The SMILES string of the molecule is CCN(CC)CC1Cc2cc(-c3[c]cccc3Cl)ccc2OO1. The maximum absolute atomic E-state index is 6.28. The molecule has 2 aromatic carbocycles. The molecule has 23 heavy (non-hydrogen) atoms. The normalized spacial score (nSPS) is 17.0. The highest BCUT2D eigenvalue weighted by molar-refractivity contribution is 6.33. The molecular weight excluding hydrogens is 310 g/mol. The van der Waals surface area contributed by atoms with Gasteiger partial charge in [-0.3, -0.25) is 0 Å². The molecule has 1 unspecified atom stereocenters. The van der Waals surface area contributed by atoms with Crippen LogP contribution in [0.25, 0.3) is 11.1 Å². The van der Waals surface area contributed by atoms with Crippen LogP contribution in [0.5, 0.6) is 5.75 Å². The fourth-order valence-electron chi connectivity index (χ4n) is 2.88. The zero-order valence-corrected chi connectivity index (χ0v) is 14.3. The van der Waals surface area contributed by atoms with Crippen LogP contribution in [0.4, 0.5) is 0 Å². The van der Waals surface area contributed by atoms with E-state index in [1.54, 1.807) is 0 Å². The zero-order chi connectivity index (χ0) is 16.2. The Balaban J connectivity index is 1.82. The molecule has 0 amide bonds. The van der Waals surface area contributed by atoms with E-state index in [9.17, 15) is 0 Å². The quantitative estimate of drug-likeness (QED) is 0.759. The van der Waals surface area contributed by atoms with E-state index >= 15 is 0 Å². The van der Waals surface area contributed by atoms with Crippen molar-refractivity contribution in [1.29, 1.82) is 0 Å². The summed E-state index contributed by atoms with van der Waals surface area (Å²) in [5, 5.41) is 0.708. The highest BCUT2D eigenvalue weighted by atomic mass is 35.5. The lowest BCUT2D eigenvalue weighted by Crippen LogP contribution is -2.37. The maximum atomic E-state index is 6.28. The van der Waals surface area contributed by atoms with Crippen molar-refractivity contribution in [3.05, 3.63) is 53.1 Å². The van der Waals surface area contributed by atoms with Gasteiger partial charge in [0.1, 0.15) is 6.10 Å². The number of fused-ring (bicyclic) bond motifs is 1. The Morgan fingerprint density at radius 2 is 2.09 bits per heavy atom. The van der Waals surface area contributed by atoms with E-state index in [1.807, 2.05) is 30.3 Å². The summed E-state index contributed by atoms with van der Waals surface area (Å²) in [5.74, 6) is 0.789. The van der Waals surface area contributed by atoms with Crippen LogP contribution in [0.2, 0.25) is 5.02 Å². The topological polar surface area (TPSA) is 21.7 Å². The second-order valence-corrected chi connectivity index (χ2v) is 6.11. The molecule has 121 valence electrons. The molecule has 0 saturated carbocycles. The van der Waals surface area contributed by atoms with Crippen LogP contribution in [0.1, 0.15) is 19.4 Å². The van der Waals surface area contributed by atoms with Crippen molar-refractivity contribution in [2.45, 2.75) is 26.4 Å². The molecule has 4 heteroatoms. The van der Waals surface area contributed by atoms with Crippen molar-refractivity contribution in [3.63, 3.8) is 0 Å². The van der Waals surface area contributed by atoms with Gasteiger partial charge in [-0.2, -0.15) is 4.89 Å². The third-order valence-corrected chi connectivity index (χ3v) is 4.55. The Morgan fingerprint density at radius 3 is 2.83 bits per heavy atom. The van der Waals surface area contributed by atoms with Crippen LogP contribution in [0.15, 0.2) is 36.4 Å². The monoisotopic (exact) mass is 330 g/mol. The number of rotatable bonds is 5. The molecule has 1 atom stereocenters. The molecule has 3 nitrogen and oxygen atoms in total. The second-order valence-electron chi connectivity index (χ2n) is 5.71. The lowest BCUT2D eigenvalue weighted by atomic mass is 9.98. The lowest BCUT2D eigenvalue weighted by molar-refractivity contribution is -0.257. The molecule has 1 aliphatic rings. The molecule has 0 fully saturated rings. The molecule has 1 aliphatic heterocycles. The lowest BCUT2D eigenvalue weighted by Gasteiger charge is -2.28. The number of hydrogen-bond acceptors (Lipinski definition) is 3. The summed E-state index contributed by atoms with van der Waals surface area (Å²) >= 11 is 6.28. The average molecular weight is 331 g/mol. The third-order valence-electron chi connectivity index (χ3n) is 4.23. The van der Waals surface area contributed by atoms with Crippen LogP contribution in [0.3, 0.4) is 0 Å². The molecule has 2 aromatic rings. The molecule has 1 radical (unpaired) electrons. The second kappa shape index (κ2) is 7.35. The van der Waals surface area contributed by atoms with E-state index in [1.165, 1.54) is 0 Å². The van der Waals surface area contributed by atoms with Crippen LogP contribution in [0, 0.1) is 6.07 Å². The van der Waals surface area contributed by atoms with Gasteiger partial charge < -0.3 is 9.79 Å². The first kappa shape index (κ1) is 16.3. The van der Waals surface area contributed by atoms with Gasteiger partial charge in [-0.1, -0.05) is 43.6 Å². The number of likely N-dealkylation sites (N-methyl/N-ethyl adjacent to an activating group) is 1. The summed E-state index contributed by atoms with van der Waals surface area (Å²) in [7, 11) is 0. The minimum Gasteiger partial charge on any atom is -0.337 e. The van der Waals surface area contributed by atoms with Crippen LogP contribution in [-0.2, 0) is 11.3 Å². The van der Waals surface area contributed by atoms with E-state index in [0.29, 0.717) is 5.02 Å². The van der Waals surface area contributed by atoms with Crippen molar-refractivity contribution < 1.29 is 9.78 Å². The Morgan fingerprint density at radius 1 is 1.26 bits per heavy atom. The Kier molecular flexibility index (Phi) is 5.21. The first-order chi connectivity index (χ1) is 11.2. The predicted octanol–water partition coefficient (Wildman–Crippen LogP) is 4.38. The van der Waals surface area contributed by atoms with Crippen molar-refractivity contribution in [2.24, 2.45) is 0 Å². The molecule has 0 bridgehead atoms. The smallest absolute Gasteiger partial charge is 0.168 e. The average Bonchev–Trinajstić information content (AvgIpc) is 2.59. The zero-order valence-electron chi connectivity index (χ0n) is 13.5. The number of halogens is 1. The molecule has 3 rings (SSSR count). The van der Waals surface area contributed by atoms with Gasteiger partial charge in [-0.25, -0.2) is 0 Å². The third kappa shape index (κ3) is 3.69. The highest BCUT2D eigenvalue weighted by Gasteiger charge is 2.23. The molecule has 0 spiro atoms. The molecule has 0 aromatic heterocycles. The summed E-state index contributed by atoms with van der Waals surface area (Å²) in [6, 6.07) is 14.9. The largest absolute Gasteiger partial charge is 0.337 e. The van der Waals surface area contributed by atoms with Gasteiger partial charge in [0.25, 0.3) is 0 Å². The van der Waals surface area contributed by atoms with Gasteiger partial charge in [0.2, 0.25) is 0 Å². The van der Waals surface area contributed by atoms with Crippen molar-refractivity contribution in [3.8, 4) is 16.9 Å². The van der Waals surface area contributed by atoms with Gasteiger partial charge in [-0.05, 0) is 42.9 Å². The van der Waals surface area contributed by atoms with Gasteiger partial charge in [0, 0.05) is 29.1 Å². The van der Waals surface area contributed by atoms with Crippen molar-refractivity contribution in [2.75, 3.05) is 19.6 Å². The number of nitrogens with zero attached hydrogens (tertiary/aromatic N) is 1. The fourth-order valence-corrected chi connectivity index (χ4v) is 3.11. The fraction of sp³-hybridized carbons (Fsp3) is 0.368. The Labute approximate surface area is 142 Å². The molecule has 0 aliphatic carbocycles. The van der Waals surface area contributed by atoms with Gasteiger partial charge in [0.05, 0.1) is 0 Å². The van der Waals surface area contributed by atoms with Gasteiger partial charge in [0.15, 0.2) is 5.75 Å². The Bertz CT molecular complexity index is 670. The summed E-state index contributed by atoms with van der Waals surface area (Å²) in [6.45, 7) is 7.21. The minimum absolute atomic E-state index is 0.0490. The molecule has 1 heterocycles. The molecular formula is C19H21ClNO2. The van der Waals surface area contributed by atoms with Crippen LogP contribution >= 0.6 is 11.6 Å². The van der Waals surface area contributed by atoms with Crippen LogP contribution in [-0.4, -0.2) is 30.6 Å². The van der Waals surface area contributed by atoms with Crippen molar-refractivity contribution >= 4 is 11.6 Å². The summed E-state index contributed by atoms with van der Waals surface area (Å²) < 4.78 is 0.